The lowest BCUT2D eigenvalue weighted by atomic mass is 9.64. The molecule has 0 aliphatic carbocycles. The van der Waals surface area contributed by atoms with Gasteiger partial charge in [0.05, 0.1) is 0 Å². The molecule has 3 nitrogen and oxygen atoms in total. The molecule has 13 heavy (non-hydrogen) atoms. The van der Waals surface area contributed by atoms with E-state index in [1.807, 2.05) is 9.80 Å². The minimum Gasteiger partial charge on any atom is -0.323 e. The number of nitrogens with zero attached hydrogens (tertiary/aromatic N) is 2. The van der Waals surface area contributed by atoms with Crippen LogP contribution in [0.15, 0.2) is 0 Å². The molecule has 0 atom stereocenters. The SMILES string of the molecule is CC12CN3CC(C)(CN(C1)C3=O)C2. The number of rotatable bonds is 0. The van der Waals surface area contributed by atoms with Crippen molar-refractivity contribution in [3.63, 3.8) is 0 Å². The molecule has 0 radical (unpaired) electrons. The summed E-state index contributed by atoms with van der Waals surface area (Å²) in [5.74, 6) is 0. The molecule has 3 heteroatoms. The van der Waals surface area contributed by atoms with Gasteiger partial charge in [0.15, 0.2) is 0 Å². The molecule has 0 aromatic carbocycles. The first kappa shape index (κ1) is 7.65. The lowest BCUT2D eigenvalue weighted by Crippen LogP contribution is -2.72. The van der Waals surface area contributed by atoms with Gasteiger partial charge in [-0.15, -0.1) is 0 Å². The van der Waals surface area contributed by atoms with Crippen LogP contribution in [-0.2, 0) is 0 Å². The number of piperidine rings is 2. The largest absolute Gasteiger partial charge is 0.323 e. The van der Waals surface area contributed by atoms with Gasteiger partial charge in [-0.3, -0.25) is 0 Å². The Morgan fingerprint density at radius 2 is 1.38 bits per heavy atom. The van der Waals surface area contributed by atoms with Gasteiger partial charge in [-0.25, -0.2) is 4.79 Å². The molecule has 4 aliphatic rings. The third-order valence-corrected chi connectivity index (χ3v) is 3.68. The third-order valence-electron chi connectivity index (χ3n) is 3.68. The molecule has 4 aliphatic heterocycles. The van der Waals surface area contributed by atoms with E-state index in [-0.39, 0.29) is 6.03 Å². The molecule has 72 valence electrons. The highest BCUT2D eigenvalue weighted by Crippen LogP contribution is 2.48. The summed E-state index contributed by atoms with van der Waals surface area (Å²) in [5.41, 5.74) is 0.748. The molecule has 4 rings (SSSR count). The highest BCUT2D eigenvalue weighted by Gasteiger charge is 2.55. The van der Waals surface area contributed by atoms with Crippen LogP contribution in [0.1, 0.15) is 20.3 Å². The highest BCUT2D eigenvalue weighted by atomic mass is 16.2. The summed E-state index contributed by atoms with van der Waals surface area (Å²) in [7, 11) is 0. The van der Waals surface area contributed by atoms with Gasteiger partial charge in [0.25, 0.3) is 0 Å². The minimum atomic E-state index is 0.273. The number of urea groups is 1. The van der Waals surface area contributed by atoms with E-state index in [4.69, 9.17) is 0 Å². The molecule has 4 heterocycles. The van der Waals surface area contributed by atoms with Gasteiger partial charge in [-0.2, -0.15) is 0 Å². The standard InChI is InChI=1S/C10H16N2O/c1-9-3-10(2)6-11(4-9)8(13)12(5-9)7-10/h3-7H2,1-2H3. The van der Waals surface area contributed by atoms with Gasteiger partial charge < -0.3 is 9.80 Å². The van der Waals surface area contributed by atoms with Crippen LogP contribution in [0.3, 0.4) is 0 Å². The molecule has 4 fully saturated rings. The van der Waals surface area contributed by atoms with E-state index >= 15 is 0 Å². The van der Waals surface area contributed by atoms with E-state index in [1.165, 1.54) is 6.42 Å². The fourth-order valence-electron chi connectivity index (χ4n) is 3.78. The second-order valence-electron chi connectivity index (χ2n) is 5.79. The molecule has 4 saturated heterocycles. The number of carbonyl (C=O) groups is 1. The van der Waals surface area contributed by atoms with Crippen molar-refractivity contribution in [3.05, 3.63) is 0 Å². The van der Waals surface area contributed by atoms with Crippen molar-refractivity contribution in [3.8, 4) is 0 Å². The van der Waals surface area contributed by atoms with Crippen molar-refractivity contribution in [2.24, 2.45) is 10.8 Å². The van der Waals surface area contributed by atoms with Gasteiger partial charge in [0.1, 0.15) is 0 Å². The Hall–Kier alpha value is -0.730. The van der Waals surface area contributed by atoms with Crippen molar-refractivity contribution in [1.29, 1.82) is 0 Å². The molecule has 0 aromatic heterocycles. The molecule has 0 saturated carbocycles. The van der Waals surface area contributed by atoms with Crippen LogP contribution >= 0.6 is 0 Å². The maximum absolute atomic E-state index is 11.7. The average molecular weight is 180 g/mol. The van der Waals surface area contributed by atoms with Gasteiger partial charge in [-0.05, 0) is 6.42 Å². The number of carbonyl (C=O) groups excluding carboxylic acids is 1. The van der Waals surface area contributed by atoms with Crippen molar-refractivity contribution in [2.75, 3.05) is 26.2 Å². The van der Waals surface area contributed by atoms with Gasteiger partial charge in [0, 0.05) is 37.0 Å². The Labute approximate surface area is 78.7 Å². The molecule has 4 bridgehead atoms. The molecular weight excluding hydrogens is 164 g/mol. The third kappa shape index (κ3) is 0.875. The first-order valence-electron chi connectivity index (χ1n) is 5.04. The zero-order valence-corrected chi connectivity index (χ0v) is 8.34. The lowest BCUT2D eigenvalue weighted by Gasteiger charge is -2.62. The molecule has 0 spiro atoms. The van der Waals surface area contributed by atoms with E-state index in [0.717, 1.165) is 26.2 Å². The summed E-state index contributed by atoms with van der Waals surface area (Å²) in [6.45, 7) is 8.57. The summed E-state index contributed by atoms with van der Waals surface area (Å²) >= 11 is 0. The molecule has 0 N–H and O–H groups in total. The fourth-order valence-corrected chi connectivity index (χ4v) is 3.78. The maximum Gasteiger partial charge on any atom is 0.320 e. The van der Waals surface area contributed by atoms with Crippen LogP contribution in [-0.4, -0.2) is 42.0 Å². The monoisotopic (exact) mass is 180 g/mol. The minimum absolute atomic E-state index is 0.273. The van der Waals surface area contributed by atoms with Gasteiger partial charge in [0.2, 0.25) is 0 Å². The zero-order chi connectivity index (χ0) is 9.27. The van der Waals surface area contributed by atoms with Crippen LogP contribution < -0.4 is 0 Å². The first-order valence-corrected chi connectivity index (χ1v) is 5.04. The van der Waals surface area contributed by atoms with Crippen LogP contribution in [0.4, 0.5) is 4.79 Å². The van der Waals surface area contributed by atoms with Crippen LogP contribution in [0.25, 0.3) is 0 Å². The molecular formula is C10H16N2O. The van der Waals surface area contributed by atoms with Crippen LogP contribution in [0.2, 0.25) is 0 Å². The van der Waals surface area contributed by atoms with E-state index in [9.17, 15) is 4.79 Å². The number of hydrogen-bond acceptors (Lipinski definition) is 1. The quantitative estimate of drug-likeness (QED) is 0.548. The predicted molar refractivity (Wildman–Crippen MR) is 49.4 cm³/mol. The van der Waals surface area contributed by atoms with E-state index in [2.05, 4.69) is 13.8 Å². The van der Waals surface area contributed by atoms with Crippen molar-refractivity contribution >= 4 is 6.03 Å². The summed E-state index contributed by atoms with van der Waals surface area (Å²) in [5, 5.41) is 0. The number of amides is 2. The second kappa shape index (κ2) is 1.86. The topological polar surface area (TPSA) is 23.6 Å². The normalized spacial score (nSPS) is 47.7. The van der Waals surface area contributed by atoms with E-state index in [0.29, 0.717) is 10.8 Å². The predicted octanol–water partition coefficient (Wildman–Crippen LogP) is 1.15. The fraction of sp³-hybridized carbons (Fsp3) is 0.900. The van der Waals surface area contributed by atoms with Crippen molar-refractivity contribution in [1.82, 2.24) is 9.80 Å². The maximum atomic E-state index is 11.7. The molecule has 0 aromatic rings. The lowest BCUT2D eigenvalue weighted by molar-refractivity contribution is -0.0922. The zero-order valence-electron chi connectivity index (χ0n) is 8.34. The smallest absolute Gasteiger partial charge is 0.320 e. The Bertz CT molecular complexity index is 249. The van der Waals surface area contributed by atoms with Crippen molar-refractivity contribution in [2.45, 2.75) is 20.3 Å². The summed E-state index contributed by atoms with van der Waals surface area (Å²) in [6, 6.07) is 0.273. The highest BCUT2D eigenvalue weighted by molar-refractivity contribution is 5.77. The van der Waals surface area contributed by atoms with Gasteiger partial charge >= 0.3 is 6.03 Å². The average Bonchev–Trinajstić information content (AvgIpc) is 1.94. The summed E-state index contributed by atoms with van der Waals surface area (Å²) < 4.78 is 0. The summed E-state index contributed by atoms with van der Waals surface area (Å²) in [6.07, 6.45) is 1.29. The van der Waals surface area contributed by atoms with E-state index in [1.54, 1.807) is 0 Å². The van der Waals surface area contributed by atoms with E-state index < -0.39 is 0 Å². The molecule has 0 unspecified atom stereocenters. The van der Waals surface area contributed by atoms with Crippen LogP contribution in [0, 0.1) is 10.8 Å². The van der Waals surface area contributed by atoms with Gasteiger partial charge in [-0.1, -0.05) is 13.8 Å². The Morgan fingerprint density at radius 3 is 1.77 bits per heavy atom. The van der Waals surface area contributed by atoms with Crippen molar-refractivity contribution < 1.29 is 4.79 Å². The Morgan fingerprint density at radius 1 is 1.00 bits per heavy atom. The number of hydrogen-bond donors (Lipinski definition) is 0. The Kier molecular flexibility index (Phi) is 1.10. The molecule has 2 amide bonds. The summed E-state index contributed by atoms with van der Waals surface area (Å²) in [4.78, 5) is 15.8. The van der Waals surface area contributed by atoms with Crippen LogP contribution in [0.5, 0.6) is 0 Å². The Balaban J connectivity index is 2.04. The second-order valence-corrected chi connectivity index (χ2v) is 5.79. The first-order chi connectivity index (χ1) is 6.00.